The lowest BCUT2D eigenvalue weighted by Gasteiger charge is -2.41. The second-order valence-electron chi connectivity index (χ2n) is 4.97. The number of nitrogens with zero attached hydrogens (tertiary/aromatic N) is 1. The summed E-state index contributed by atoms with van der Waals surface area (Å²) in [5, 5.41) is 3.30. The van der Waals surface area contributed by atoms with E-state index < -0.39 is 0 Å². The monoisotopic (exact) mass is 200 g/mol. The minimum atomic E-state index is 0. The van der Waals surface area contributed by atoms with E-state index in [0.29, 0.717) is 5.41 Å². The third-order valence-corrected chi connectivity index (χ3v) is 3.34. The highest BCUT2D eigenvalue weighted by molar-refractivity contribution is 4.84. The predicted octanol–water partition coefficient (Wildman–Crippen LogP) is 2.35. The first-order chi connectivity index (χ1) is 6.07. The normalized spacial score (nSPS) is 22.1. The topological polar surface area (TPSA) is 15.3 Å². The number of piperidine rings is 1. The number of rotatable bonds is 3. The van der Waals surface area contributed by atoms with Crippen LogP contribution in [0.15, 0.2) is 0 Å². The Labute approximate surface area is 90.1 Å². The molecule has 0 aromatic heterocycles. The molecule has 0 radical (unpaired) electrons. The summed E-state index contributed by atoms with van der Waals surface area (Å²) in [7, 11) is 2.06. The van der Waals surface area contributed by atoms with Gasteiger partial charge in [-0.05, 0) is 52.2 Å². The van der Waals surface area contributed by atoms with Crippen molar-refractivity contribution in [3.8, 4) is 0 Å². The van der Waals surface area contributed by atoms with Gasteiger partial charge in [-0.3, -0.25) is 0 Å². The van der Waals surface area contributed by atoms with Crippen LogP contribution < -0.4 is 5.32 Å². The minimum Gasteiger partial charge on any atom is -0.319 e. The zero-order chi connectivity index (χ0) is 9.90. The van der Waals surface area contributed by atoms with E-state index in [0.717, 1.165) is 6.04 Å². The molecular weight excluding hydrogens is 172 g/mol. The Morgan fingerprint density at radius 1 is 1.29 bits per heavy atom. The number of likely N-dealkylation sites (tertiary alicyclic amines) is 1. The van der Waals surface area contributed by atoms with Crippen LogP contribution in [0.5, 0.6) is 0 Å². The lowest BCUT2D eigenvalue weighted by molar-refractivity contribution is 0.0957. The summed E-state index contributed by atoms with van der Waals surface area (Å²) in [5.74, 6) is 0. The molecule has 0 unspecified atom stereocenters. The van der Waals surface area contributed by atoms with Gasteiger partial charge in [-0.1, -0.05) is 14.4 Å². The zero-order valence-corrected chi connectivity index (χ0v) is 9.56. The smallest absolute Gasteiger partial charge is 0.00385 e. The first-order valence-corrected chi connectivity index (χ1v) is 5.46. The Bertz CT molecular complexity index is 146. The predicted molar refractivity (Wildman–Crippen MR) is 64.7 cm³/mol. The van der Waals surface area contributed by atoms with E-state index >= 15 is 0 Å². The quantitative estimate of drug-likeness (QED) is 0.752. The van der Waals surface area contributed by atoms with Gasteiger partial charge in [-0.25, -0.2) is 0 Å². The summed E-state index contributed by atoms with van der Waals surface area (Å²) in [4.78, 5) is 2.58. The summed E-state index contributed by atoms with van der Waals surface area (Å²) in [6.45, 7) is 10.7. The fraction of sp³-hybridized carbons (Fsp3) is 1.00. The van der Waals surface area contributed by atoms with Crippen molar-refractivity contribution in [3.05, 3.63) is 0 Å². The van der Waals surface area contributed by atoms with Crippen molar-refractivity contribution in [2.45, 2.75) is 47.1 Å². The SMILES string of the molecule is C.CNCC1(C)CCN(C(C)C)CC1. The van der Waals surface area contributed by atoms with Gasteiger partial charge in [0.05, 0.1) is 0 Å². The van der Waals surface area contributed by atoms with E-state index in [1.807, 2.05) is 0 Å². The lowest BCUT2D eigenvalue weighted by atomic mass is 9.80. The molecule has 0 aromatic rings. The Morgan fingerprint density at radius 3 is 2.14 bits per heavy atom. The van der Waals surface area contributed by atoms with Crippen LogP contribution >= 0.6 is 0 Å². The molecule has 0 atom stereocenters. The van der Waals surface area contributed by atoms with E-state index in [9.17, 15) is 0 Å². The van der Waals surface area contributed by atoms with Gasteiger partial charge in [-0.15, -0.1) is 0 Å². The lowest BCUT2D eigenvalue weighted by Crippen LogP contribution is -2.45. The van der Waals surface area contributed by atoms with Gasteiger partial charge < -0.3 is 10.2 Å². The maximum Gasteiger partial charge on any atom is 0.00385 e. The third-order valence-electron chi connectivity index (χ3n) is 3.34. The Balaban J connectivity index is 0.00000169. The van der Waals surface area contributed by atoms with Gasteiger partial charge in [0.1, 0.15) is 0 Å². The Hall–Kier alpha value is -0.0800. The molecule has 86 valence electrons. The molecule has 1 heterocycles. The molecule has 0 aliphatic carbocycles. The summed E-state index contributed by atoms with van der Waals surface area (Å²) in [6.07, 6.45) is 2.68. The number of hydrogen-bond acceptors (Lipinski definition) is 2. The molecule has 1 saturated heterocycles. The molecule has 1 aliphatic rings. The average Bonchev–Trinajstić information content (AvgIpc) is 2.05. The van der Waals surface area contributed by atoms with Crippen LogP contribution in [-0.2, 0) is 0 Å². The third kappa shape index (κ3) is 3.58. The fourth-order valence-corrected chi connectivity index (χ4v) is 2.18. The Morgan fingerprint density at radius 2 is 1.79 bits per heavy atom. The average molecular weight is 200 g/mol. The van der Waals surface area contributed by atoms with Crippen molar-refractivity contribution in [1.82, 2.24) is 10.2 Å². The molecule has 1 N–H and O–H groups in total. The van der Waals surface area contributed by atoms with Crippen LogP contribution in [0.2, 0.25) is 0 Å². The highest BCUT2D eigenvalue weighted by atomic mass is 15.2. The summed E-state index contributed by atoms with van der Waals surface area (Å²) in [6, 6.07) is 0.721. The van der Waals surface area contributed by atoms with Gasteiger partial charge in [0.25, 0.3) is 0 Å². The summed E-state index contributed by atoms with van der Waals surface area (Å²) in [5.41, 5.74) is 0.542. The summed E-state index contributed by atoms with van der Waals surface area (Å²) >= 11 is 0. The van der Waals surface area contributed by atoms with Gasteiger partial charge in [0.2, 0.25) is 0 Å². The molecule has 0 amide bonds. The standard InChI is InChI=1S/C11H24N2.CH4/c1-10(2)13-7-5-11(3,6-8-13)9-12-4;/h10,12H,5-9H2,1-4H3;1H4. The molecule has 2 nitrogen and oxygen atoms in total. The van der Waals surface area contributed by atoms with E-state index in [-0.39, 0.29) is 7.43 Å². The Kier molecular flexibility index (Phi) is 5.68. The fourth-order valence-electron chi connectivity index (χ4n) is 2.18. The van der Waals surface area contributed by atoms with Crippen molar-refractivity contribution >= 4 is 0 Å². The first-order valence-electron chi connectivity index (χ1n) is 5.46. The van der Waals surface area contributed by atoms with Crippen molar-refractivity contribution in [2.24, 2.45) is 5.41 Å². The van der Waals surface area contributed by atoms with Crippen LogP contribution in [0, 0.1) is 5.41 Å². The molecule has 1 aliphatic heterocycles. The summed E-state index contributed by atoms with van der Waals surface area (Å²) < 4.78 is 0. The van der Waals surface area contributed by atoms with E-state index in [1.165, 1.54) is 32.5 Å². The van der Waals surface area contributed by atoms with Crippen molar-refractivity contribution < 1.29 is 0 Å². The molecule has 0 spiro atoms. The number of hydrogen-bond donors (Lipinski definition) is 1. The second kappa shape index (κ2) is 5.72. The van der Waals surface area contributed by atoms with E-state index in [1.54, 1.807) is 0 Å². The van der Waals surface area contributed by atoms with Gasteiger partial charge in [0.15, 0.2) is 0 Å². The second-order valence-corrected chi connectivity index (χ2v) is 4.97. The molecular formula is C12H28N2. The highest BCUT2D eigenvalue weighted by Gasteiger charge is 2.29. The van der Waals surface area contributed by atoms with Gasteiger partial charge in [0, 0.05) is 12.6 Å². The molecule has 1 fully saturated rings. The zero-order valence-electron chi connectivity index (χ0n) is 9.56. The number of nitrogens with one attached hydrogen (secondary N) is 1. The van der Waals surface area contributed by atoms with Crippen LogP contribution in [0.4, 0.5) is 0 Å². The molecule has 1 rings (SSSR count). The molecule has 2 heteroatoms. The highest BCUT2D eigenvalue weighted by Crippen LogP contribution is 2.30. The molecule has 14 heavy (non-hydrogen) atoms. The van der Waals surface area contributed by atoms with Crippen LogP contribution in [0.25, 0.3) is 0 Å². The maximum atomic E-state index is 3.30. The molecule has 0 bridgehead atoms. The van der Waals surface area contributed by atoms with Gasteiger partial charge in [-0.2, -0.15) is 0 Å². The van der Waals surface area contributed by atoms with Crippen molar-refractivity contribution in [3.63, 3.8) is 0 Å². The van der Waals surface area contributed by atoms with Crippen LogP contribution in [0.1, 0.15) is 41.0 Å². The van der Waals surface area contributed by atoms with Crippen LogP contribution in [-0.4, -0.2) is 37.6 Å². The largest absolute Gasteiger partial charge is 0.319 e. The van der Waals surface area contributed by atoms with Crippen molar-refractivity contribution in [1.29, 1.82) is 0 Å². The van der Waals surface area contributed by atoms with Crippen LogP contribution in [0.3, 0.4) is 0 Å². The molecule has 0 saturated carbocycles. The van der Waals surface area contributed by atoms with Gasteiger partial charge >= 0.3 is 0 Å². The van der Waals surface area contributed by atoms with E-state index in [4.69, 9.17) is 0 Å². The van der Waals surface area contributed by atoms with E-state index in [2.05, 4.69) is 38.0 Å². The molecule has 0 aromatic carbocycles. The van der Waals surface area contributed by atoms with Crippen molar-refractivity contribution in [2.75, 3.05) is 26.7 Å². The first kappa shape index (κ1) is 13.9. The minimum absolute atomic E-state index is 0. The maximum absolute atomic E-state index is 3.30.